The monoisotopic (exact) mass is 539 g/mol. The standard InChI is InChI=1S/C28H33N3O6S/c1-5-29-28(33)21(2)30(19-22-11-15-24(36-3)16-12-22)27(32)20-31(23-13-17-25(37-4)18-14-23)38(34,35)26-9-7-6-8-10-26/h6-18,21H,5,19-20H2,1-4H3,(H,29,33). The number of hydrogen-bond acceptors (Lipinski definition) is 6. The van der Waals surface area contributed by atoms with Gasteiger partial charge in [0.15, 0.2) is 0 Å². The highest BCUT2D eigenvalue weighted by Crippen LogP contribution is 2.26. The van der Waals surface area contributed by atoms with Gasteiger partial charge in [0.1, 0.15) is 24.1 Å². The number of nitrogens with zero attached hydrogens (tertiary/aromatic N) is 2. The minimum Gasteiger partial charge on any atom is -0.497 e. The molecule has 0 radical (unpaired) electrons. The second kappa shape index (κ2) is 13.0. The van der Waals surface area contributed by atoms with Gasteiger partial charge in [0.2, 0.25) is 11.8 Å². The molecule has 0 spiro atoms. The second-order valence-electron chi connectivity index (χ2n) is 8.46. The van der Waals surface area contributed by atoms with Crippen LogP contribution < -0.4 is 19.1 Å². The molecule has 0 fully saturated rings. The van der Waals surface area contributed by atoms with Gasteiger partial charge in [0.05, 0.1) is 24.8 Å². The van der Waals surface area contributed by atoms with E-state index in [0.29, 0.717) is 18.0 Å². The van der Waals surface area contributed by atoms with Crippen LogP contribution in [0.1, 0.15) is 19.4 Å². The summed E-state index contributed by atoms with van der Waals surface area (Å²) in [7, 11) is -1.04. The van der Waals surface area contributed by atoms with E-state index in [2.05, 4.69) is 5.32 Å². The highest BCUT2D eigenvalue weighted by Gasteiger charge is 2.32. The fourth-order valence-electron chi connectivity index (χ4n) is 3.83. The van der Waals surface area contributed by atoms with Gasteiger partial charge in [-0.2, -0.15) is 0 Å². The van der Waals surface area contributed by atoms with Gasteiger partial charge in [0, 0.05) is 13.1 Å². The van der Waals surface area contributed by atoms with E-state index in [1.54, 1.807) is 87.7 Å². The lowest BCUT2D eigenvalue weighted by Crippen LogP contribution is -2.51. The minimum absolute atomic E-state index is 0.0436. The van der Waals surface area contributed by atoms with Gasteiger partial charge in [-0.05, 0) is 67.9 Å². The molecule has 0 heterocycles. The summed E-state index contributed by atoms with van der Waals surface area (Å²) in [5.41, 5.74) is 1.05. The number of amides is 2. The Morgan fingerprint density at radius 3 is 1.95 bits per heavy atom. The van der Waals surface area contributed by atoms with Crippen molar-refractivity contribution in [1.82, 2.24) is 10.2 Å². The number of nitrogens with one attached hydrogen (secondary N) is 1. The number of likely N-dealkylation sites (N-methyl/N-ethyl adjacent to an activating group) is 1. The summed E-state index contributed by atoms with van der Waals surface area (Å²) in [6, 6.07) is 20.6. The molecule has 1 N–H and O–H groups in total. The van der Waals surface area contributed by atoms with Crippen LogP contribution in [0.2, 0.25) is 0 Å². The van der Waals surface area contributed by atoms with Crippen molar-refractivity contribution < 1.29 is 27.5 Å². The average Bonchev–Trinajstić information content (AvgIpc) is 2.95. The number of methoxy groups -OCH3 is 2. The molecule has 1 atom stereocenters. The maximum atomic E-state index is 13.8. The second-order valence-corrected chi connectivity index (χ2v) is 10.3. The van der Waals surface area contributed by atoms with Crippen LogP contribution in [0.4, 0.5) is 5.69 Å². The first kappa shape index (κ1) is 28.5. The highest BCUT2D eigenvalue weighted by molar-refractivity contribution is 7.92. The molecule has 1 unspecified atom stereocenters. The number of carbonyl (C=O) groups excluding carboxylic acids is 2. The largest absolute Gasteiger partial charge is 0.497 e. The molecule has 0 saturated carbocycles. The molecular formula is C28H33N3O6S. The first-order chi connectivity index (χ1) is 18.2. The van der Waals surface area contributed by atoms with E-state index < -0.39 is 28.5 Å². The summed E-state index contributed by atoms with van der Waals surface area (Å²) in [6.07, 6.45) is 0. The van der Waals surface area contributed by atoms with Crippen LogP contribution >= 0.6 is 0 Å². The molecule has 0 aliphatic rings. The Labute approximate surface area is 224 Å². The Morgan fingerprint density at radius 1 is 0.868 bits per heavy atom. The Morgan fingerprint density at radius 2 is 1.42 bits per heavy atom. The summed E-state index contributed by atoms with van der Waals surface area (Å²) < 4.78 is 38.9. The van der Waals surface area contributed by atoms with Crippen LogP contribution in [0, 0.1) is 0 Å². The summed E-state index contributed by atoms with van der Waals surface area (Å²) >= 11 is 0. The minimum atomic E-state index is -4.11. The quantitative estimate of drug-likeness (QED) is 0.378. The first-order valence-corrected chi connectivity index (χ1v) is 13.6. The van der Waals surface area contributed by atoms with Crippen molar-refractivity contribution in [2.45, 2.75) is 31.3 Å². The summed E-state index contributed by atoms with van der Waals surface area (Å²) in [5.74, 6) is 0.331. The Bertz CT molecular complexity index is 1310. The summed E-state index contributed by atoms with van der Waals surface area (Å²) in [4.78, 5) is 28.0. The maximum Gasteiger partial charge on any atom is 0.264 e. The van der Waals surface area contributed by atoms with E-state index in [1.807, 2.05) is 0 Å². The van der Waals surface area contributed by atoms with Gasteiger partial charge in [-0.1, -0.05) is 30.3 Å². The lowest BCUT2D eigenvalue weighted by Gasteiger charge is -2.32. The fourth-order valence-corrected chi connectivity index (χ4v) is 5.26. The van der Waals surface area contributed by atoms with E-state index in [0.717, 1.165) is 9.87 Å². The van der Waals surface area contributed by atoms with E-state index in [9.17, 15) is 18.0 Å². The van der Waals surface area contributed by atoms with Gasteiger partial charge in [-0.15, -0.1) is 0 Å². The van der Waals surface area contributed by atoms with E-state index in [-0.39, 0.29) is 23.0 Å². The van der Waals surface area contributed by atoms with Gasteiger partial charge >= 0.3 is 0 Å². The van der Waals surface area contributed by atoms with E-state index in [1.165, 1.54) is 24.1 Å². The number of carbonyl (C=O) groups is 2. The molecule has 38 heavy (non-hydrogen) atoms. The maximum absolute atomic E-state index is 13.8. The molecule has 3 aromatic carbocycles. The van der Waals surface area contributed by atoms with Crippen LogP contribution in [0.25, 0.3) is 0 Å². The third-order valence-electron chi connectivity index (χ3n) is 6.00. The summed E-state index contributed by atoms with van der Waals surface area (Å²) in [6.45, 7) is 3.40. The van der Waals surface area contributed by atoms with Gasteiger partial charge in [-0.25, -0.2) is 8.42 Å². The van der Waals surface area contributed by atoms with Crippen molar-refractivity contribution in [2.75, 3.05) is 31.6 Å². The van der Waals surface area contributed by atoms with Crippen LogP contribution in [0.3, 0.4) is 0 Å². The molecule has 0 aliphatic heterocycles. The zero-order valence-corrected chi connectivity index (χ0v) is 22.8. The van der Waals surface area contributed by atoms with Crippen molar-refractivity contribution in [3.8, 4) is 11.5 Å². The average molecular weight is 540 g/mol. The molecule has 3 aromatic rings. The molecule has 10 heteroatoms. The predicted molar refractivity (Wildman–Crippen MR) is 146 cm³/mol. The first-order valence-electron chi connectivity index (χ1n) is 12.1. The van der Waals surface area contributed by atoms with Gasteiger partial charge < -0.3 is 19.7 Å². The number of hydrogen-bond donors (Lipinski definition) is 1. The van der Waals surface area contributed by atoms with Crippen molar-refractivity contribution in [3.63, 3.8) is 0 Å². The predicted octanol–water partition coefficient (Wildman–Crippen LogP) is 3.45. The molecule has 2 amide bonds. The molecule has 0 aliphatic carbocycles. The summed E-state index contributed by atoms with van der Waals surface area (Å²) in [5, 5.41) is 2.74. The number of anilines is 1. The van der Waals surface area contributed by atoms with Crippen LogP contribution in [0.15, 0.2) is 83.8 Å². The van der Waals surface area contributed by atoms with Crippen molar-refractivity contribution in [3.05, 3.63) is 84.4 Å². The molecule has 202 valence electrons. The smallest absolute Gasteiger partial charge is 0.264 e. The van der Waals surface area contributed by atoms with Crippen LogP contribution in [0.5, 0.6) is 11.5 Å². The Balaban J connectivity index is 2.00. The van der Waals surface area contributed by atoms with Crippen LogP contribution in [-0.4, -0.2) is 58.5 Å². The van der Waals surface area contributed by atoms with E-state index in [4.69, 9.17) is 9.47 Å². The van der Waals surface area contributed by atoms with Gasteiger partial charge in [0.25, 0.3) is 10.0 Å². The Hall–Kier alpha value is -4.05. The molecule has 0 bridgehead atoms. The molecule has 3 rings (SSSR count). The SMILES string of the molecule is CCNC(=O)C(C)N(Cc1ccc(OC)cc1)C(=O)CN(c1ccc(OC)cc1)S(=O)(=O)c1ccccc1. The molecular weight excluding hydrogens is 506 g/mol. The third kappa shape index (κ3) is 6.83. The third-order valence-corrected chi connectivity index (χ3v) is 7.79. The normalized spacial score (nSPS) is 11.8. The number of sulfonamides is 1. The Kier molecular flexibility index (Phi) is 9.72. The number of ether oxygens (including phenoxy) is 2. The lowest BCUT2D eigenvalue weighted by molar-refractivity contribution is -0.139. The van der Waals surface area contributed by atoms with Gasteiger partial charge in [-0.3, -0.25) is 13.9 Å². The lowest BCUT2D eigenvalue weighted by atomic mass is 10.1. The topological polar surface area (TPSA) is 105 Å². The zero-order valence-electron chi connectivity index (χ0n) is 22.0. The number of rotatable bonds is 12. The van der Waals surface area contributed by atoms with Crippen molar-refractivity contribution in [2.24, 2.45) is 0 Å². The fraction of sp³-hybridized carbons (Fsp3) is 0.286. The van der Waals surface area contributed by atoms with E-state index >= 15 is 0 Å². The zero-order chi connectivity index (χ0) is 27.7. The molecule has 0 saturated heterocycles. The van der Waals surface area contributed by atoms with Crippen molar-refractivity contribution >= 4 is 27.5 Å². The van der Waals surface area contributed by atoms with Crippen LogP contribution in [-0.2, 0) is 26.2 Å². The number of benzene rings is 3. The molecule has 9 nitrogen and oxygen atoms in total. The molecule has 0 aromatic heterocycles. The highest BCUT2D eigenvalue weighted by atomic mass is 32.2. The van der Waals surface area contributed by atoms with Crippen molar-refractivity contribution in [1.29, 1.82) is 0 Å².